The summed E-state index contributed by atoms with van der Waals surface area (Å²) in [6.45, 7) is 3.91. The first-order chi connectivity index (χ1) is 9.56. The Balaban J connectivity index is 2.40. The molecule has 7 heteroatoms. The average molecular weight is 278 g/mol. The lowest BCUT2D eigenvalue weighted by Crippen LogP contribution is -2.24. The van der Waals surface area contributed by atoms with Gasteiger partial charge in [-0.15, -0.1) is 0 Å². The molecule has 1 aliphatic rings. The number of benzene rings is 1. The van der Waals surface area contributed by atoms with E-state index in [1.54, 1.807) is 6.07 Å². The van der Waals surface area contributed by atoms with E-state index in [0.29, 0.717) is 11.5 Å². The van der Waals surface area contributed by atoms with Crippen molar-refractivity contribution >= 4 is 17.2 Å². The Morgan fingerprint density at radius 1 is 1.65 bits per heavy atom. The Kier molecular flexibility index (Phi) is 4.07. The SMILES string of the molecule is CCC1CCN(c2ccc([N+](=O)[O-])cc2/C(N)=N/O)C1. The largest absolute Gasteiger partial charge is 0.409 e. The number of hydrogen-bond acceptors (Lipinski definition) is 5. The monoisotopic (exact) mass is 278 g/mol. The summed E-state index contributed by atoms with van der Waals surface area (Å²) in [6.07, 6.45) is 2.19. The van der Waals surface area contributed by atoms with E-state index >= 15 is 0 Å². The van der Waals surface area contributed by atoms with Crippen LogP contribution < -0.4 is 10.6 Å². The van der Waals surface area contributed by atoms with E-state index in [9.17, 15) is 10.1 Å². The van der Waals surface area contributed by atoms with Crippen LogP contribution in [-0.4, -0.2) is 29.1 Å². The molecule has 1 saturated heterocycles. The number of nitrogens with zero attached hydrogens (tertiary/aromatic N) is 3. The minimum Gasteiger partial charge on any atom is -0.409 e. The lowest BCUT2D eigenvalue weighted by molar-refractivity contribution is -0.384. The maximum atomic E-state index is 10.8. The minimum atomic E-state index is -0.489. The number of anilines is 1. The second-order valence-electron chi connectivity index (χ2n) is 4.95. The van der Waals surface area contributed by atoms with Crippen molar-refractivity contribution in [2.45, 2.75) is 19.8 Å². The molecular formula is C13H18N4O3. The fourth-order valence-electron chi connectivity index (χ4n) is 2.56. The van der Waals surface area contributed by atoms with Crippen LogP contribution >= 0.6 is 0 Å². The minimum absolute atomic E-state index is 0.0680. The number of nitrogens with two attached hydrogens (primary N) is 1. The summed E-state index contributed by atoms with van der Waals surface area (Å²) >= 11 is 0. The molecule has 1 atom stereocenters. The van der Waals surface area contributed by atoms with Crippen molar-refractivity contribution in [1.29, 1.82) is 0 Å². The molecule has 1 aliphatic heterocycles. The number of non-ortho nitro benzene ring substituents is 1. The number of nitro groups is 1. The topological polar surface area (TPSA) is 105 Å². The number of oxime groups is 1. The van der Waals surface area contributed by atoms with Crippen molar-refractivity contribution in [2.75, 3.05) is 18.0 Å². The van der Waals surface area contributed by atoms with Crippen LogP contribution in [-0.2, 0) is 0 Å². The van der Waals surface area contributed by atoms with Crippen molar-refractivity contribution in [1.82, 2.24) is 0 Å². The zero-order chi connectivity index (χ0) is 14.7. The molecule has 1 aromatic carbocycles. The highest BCUT2D eigenvalue weighted by Gasteiger charge is 2.25. The Morgan fingerprint density at radius 3 is 2.95 bits per heavy atom. The van der Waals surface area contributed by atoms with Crippen molar-refractivity contribution in [3.05, 3.63) is 33.9 Å². The maximum absolute atomic E-state index is 10.8. The molecule has 1 aromatic rings. The second kappa shape index (κ2) is 5.77. The summed E-state index contributed by atoms with van der Waals surface area (Å²) in [6, 6.07) is 4.47. The molecule has 0 aromatic heterocycles. The zero-order valence-corrected chi connectivity index (χ0v) is 11.3. The van der Waals surface area contributed by atoms with Gasteiger partial charge in [0.1, 0.15) is 0 Å². The van der Waals surface area contributed by atoms with Gasteiger partial charge < -0.3 is 15.8 Å². The molecule has 1 fully saturated rings. The van der Waals surface area contributed by atoms with Crippen molar-refractivity contribution < 1.29 is 10.1 Å². The molecule has 0 aliphatic carbocycles. The predicted octanol–water partition coefficient (Wildman–Crippen LogP) is 1.93. The molecule has 1 heterocycles. The van der Waals surface area contributed by atoms with Gasteiger partial charge in [-0.05, 0) is 18.4 Å². The molecule has 2 rings (SSSR count). The van der Waals surface area contributed by atoms with E-state index in [4.69, 9.17) is 10.9 Å². The predicted molar refractivity (Wildman–Crippen MR) is 76.2 cm³/mol. The second-order valence-corrected chi connectivity index (χ2v) is 4.95. The third kappa shape index (κ3) is 2.66. The van der Waals surface area contributed by atoms with Crippen LogP contribution in [0.1, 0.15) is 25.3 Å². The van der Waals surface area contributed by atoms with Crippen molar-refractivity contribution in [3.8, 4) is 0 Å². The van der Waals surface area contributed by atoms with Gasteiger partial charge in [0.15, 0.2) is 5.84 Å². The molecule has 108 valence electrons. The van der Waals surface area contributed by atoms with Gasteiger partial charge in [-0.25, -0.2) is 0 Å². The number of amidine groups is 1. The smallest absolute Gasteiger partial charge is 0.270 e. The molecule has 3 N–H and O–H groups in total. The van der Waals surface area contributed by atoms with Gasteiger partial charge in [-0.1, -0.05) is 18.5 Å². The number of hydrogen-bond donors (Lipinski definition) is 2. The lowest BCUT2D eigenvalue weighted by Gasteiger charge is -2.21. The Hall–Kier alpha value is -2.31. The number of rotatable bonds is 4. The molecule has 0 saturated carbocycles. The highest BCUT2D eigenvalue weighted by Crippen LogP contribution is 2.30. The quantitative estimate of drug-likeness (QED) is 0.288. The first-order valence-electron chi connectivity index (χ1n) is 6.58. The third-order valence-corrected chi connectivity index (χ3v) is 3.78. The Bertz CT molecular complexity index is 544. The highest BCUT2D eigenvalue weighted by molar-refractivity contribution is 6.02. The summed E-state index contributed by atoms with van der Waals surface area (Å²) in [5.41, 5.74) is 6.76. The van der Waals surface area contributed by atoms with Crippen LogP contribution in [0.4, 0.5) is 11.4 Å². The summed E-state index contributed by atoms with van der Waals surface area (Å²) in [5, 5.41) is 22.7. The number of nitro benzene ring substituents is 1. The van der Waals surface area contributed by atoms with Crippen LogP contribution in [0.2, 0.25) is 0 Å². The average Bonchev–Trinajstić information content (AvgIpc) is 2.94. The van der Waals surface area contributed by atoms with E-state index in [2.05, 4.69) is 17.0 Å². The summed E-state index contributed by atoms with van der Waals surface area (Å²) in [4.78, 5) is 12.5. The standard InChI is InChI=1S/C13H18N4O3/c1-2-9-5-6-16(8-9)12-4-3-10(17(19)20)7-11(12)13(14)15-18/h3-4,7,9,18H,2,5-6,8H2,1H3,(H2,14,15). The molecule has 0 bridgehead atoms. The summed E-state index contributed by atoms with van der Waals surface area (Å²) < 4.78 is 0. The van der Waals surface area contributed by atoms with E-state index in [0.717, 1.165) is 31.6 Å². The highest BCUT2D eigenvalue weighted by atomic mass is 16.6. The summed E-state index contributed by atoms with van der Waals surface area (Å²) in [5.74, 6) is 0.508. The molecular weight excluding hydrogens is 260 g/mol. The van der Waals surface area contributed by atoms with Gasteiger partial charge >= 0.3 is 0 Å². The normalized spacial score (nSPS) is 19.4. The molecule has 0 radical (unpaired) electrons. The fraction of sp³-hybridized carbons (Fsp3) is 0.462. The molecule has 0 amide bonds. The molecule has 7 nitrogen and oxygen atoms in total. The van der Waals surface area contributed by atoms with Gasteiger partial charge in [0.2, 0.25) is 0 Å². The van der Waals surface area contributed by atoms with Crippen molar-refractivity contribution in [3.63, 3.8) is 0 Å². The van der Waals surface area contributed by atoms with Crippen LogP contribution in [0.3, 0.4) is 0 Å². The Morgan fingerprint density at radius 2 is 2.40 bits per heavy atom. The van der Waals surface area contributed by atoms with Crippen LogP contribution in [0.15, 0.2) is 23.4 Å². The van der Waals surface area contributed by atoms with Gasteiger partial charge in [-0.3, -0.25) is 10.1 Å². The van der Waals surface area contributed by atoms with Gasteiger partial charge in [0.25, 0.3) is 5.69 Å². The van der Waals surface area contributed by atoms with Gasteiger partial charge in [-0.2, -0.15) is 0 Å². The Labute approximate surface area is 116 Å². The first-order valence-corrected chi connectivity index (χ1v) is 6.58. The van der Waals surface area contributed by atoms with Crippen LogP contribution in [0.5, 0.6) is 0 Å². The van der Waals surface area contributed by atoms with Crippen LogP contribution in [0, 0.1) is 16.0 Å². The van der Waals surface area contributed by atoms with E-state index in [1.807, 2.05) is 0 Å². The fourth-order valence-corrected chi connectivity index (χ4v) is 2.56. The molecule has 20 heavy (non-hydrogen) atoms. The van der Waals surface area contributed by atoms with E-state index < -0.39 is 4.92 Å². The third-order valence-electron chi connectivity index (χ3n) is 3.78. The first kappa shape index (κ1) is 14.1. The van der Waals surface area contributed by atoms with E-state index in [-0.39, 0.29) is 11.5 Å². The maximum Gasteiger partial charge on any atom is 0.270 e. The molecule has 0 spiro atoms. The van der Waals surface area contributed by atoms with Crippen molar-refractivity contribution in [2.24, 2.45) is 16.8 Å². The van der Waals surface area contributed by atoms with Gasteiger partial charge in [0.05, 0.1) is 10.5 Å². The molecule has 1 unspecified atom stereocenters. The van der Waals surface area contributed by atoms with E-state index in [1.165, 1.54) is 12.1 Å². The lowest BCUT2D eigenvalue weighted by atomic mass is 10.1. The van der Waals surface area contributed by atoms with Crippen LogP contribution in [0.25, 0.3) is 0 Å². The van der Waals surface area contributed by atoms with Gasteiger partial charge in [0, 0.05) is 30.9 Å². The summed E-state index contributed by atoms with van der Waals surface area (Å²) in [7, 11) is 0. The zero-order valence-electron chi connectivity index (χ0n) is 11.3.